The third-order valence-corrected chi connectivity index (χ3v) is 3.14. The summed E-state index contributed by atoms with van der Waals surface area (Å²) in [5, 5.41) is 0.504. The molecule has 1 atom stereocenters. The Hall–Kier alpha value is 0.410. The maximum Gasteiger partial charge on any atom is 0.110 e. The standard InChI is InChI=1S/C9H16BrF/c1-9(2)4-7(5-9)3-8(11)6-10/h7-8H,3-6H2,1-2H3. The summed E-state index contributed by atoms with van der Waals surface area (Å²) < 4.78 is 12.8. The molecule has 1 fully saturated rings. The summed E-state index contributed by atoms with van der Waals surface area (Å²) in [6, 6.07) is 0. The summed E-state index contributed by atoms with van der Waals surface area (Å²) in [7, 11) is 0. The quantitative estimate of drug-likeness (QED) is 0.642. The topological polar surface area (TPSA) is 0 Å². The zero-order valence-corrected chi connectivity index (χ0v) is 8.83. The van der Waals surface area contributed by atoms with Gasteiger partial charge in [-0.1, -0.05) is 29.8 Å². The lowest BCUT2D eigenvalue weighted by Gasteiger charge is -2.43. The Labute approximate surface area is 76.7 Å². The van der Waals surface area contributed by atoms with E-state index in [4.69, 9.17) is 0 Å². The van der Waals surface area contributed by atoms with E-state index in [1.807, 2.05) is 0 Å². The lowest BCUT2D eigenvalue weighted by Crippen LogP contribution is -2.33. The van der Waals surface area contributed by atoms with Gasteiger partial charge in [0.05, 0.1) is 0 Å². The predicted octanol–water partition coefficient (Wildman–Crippen LogP) is 3.55. The Kier molecular flexibility index (Phi) is 2.96. The van der Waals surface area contributed by atoms with Crippen LogP contribution in [-0.2, 0) is 0 Å². The van der Waals surface area contributed by atoms with Crippen LogP contribution in [-0.4, -0.2) is 11.5 Å². The summed E-state index contributed by atoms with van der Waals surface area (Å²) in [6.07, 6.45) is 2.55. The first-order chi connectivity index (χ1) is 5.03. The average Bonchev–Trinajstić information content (AvgIpc) is 1.83. The summed E-state index contributed by atoms with van der Waals surface area (Å²) in [4.78, 5) is 0. The van der Waals surface area contributed by atoms with E-state index in [2.05, 4.69) is 29.8 Å². The van der Waals surface area contributed by atoms with Crippen LogP contribution in [0, 0.1) is 11.3 Å². The Bertz CT molecular complexity index is 126. The van der Waals surface area contributed by atoms with E-state index >= 15 is 0 Å². The molecule has 1 aliphatic carbocycles. The van der Waals surface area contributed by atoms with Gasteiger partial charge in [-0.15, -0.1) is 0 Å². The molecule has 0 aromatic heterocycles. The molecule has 0 aromatic rings. The van der Waals surface area contributed by atoms with E-state index < -0.39 is 6.17 Å². The molecular formula is C9H16BrF. The lowest BCUT2D eigenvalue weighted by molar-refractivity contribution is 0.0720. The van der Waals surface area contributed by atoms with Crippen LogP contribution in [0.15, 0.2) is 0 Å². The van der Waals surface area contributed by atoms with Crippen molar-refractivity contribution in [1.82, 2.24) is 0 Å². The van der Waals surface area contributed by atoms with Crippen molar-refractivity contribution in [1.29, 1.82) is 0 Å². The highest BCUT2D eigenvalue weighted by Crippen LogP contribution is 2.46. The second-order valence-electron chi connectivity index (χ2n) is 4.43. The van der Waals surface area contributed by atoms with Gasteiger partial charge in [0.15, 0.2) is 0 Å². The molecule has 0 heterocycles. The second-order valence-corrected chi connectivity index (χ2v) is 5.07. The van der Waals surface area contributed by atoms with Crippen molar-refractivity contribution in [3.8, 4) is 0 Å². The average molecular weight is 223 g/mol. The third kappa shape index (κ3) is 2.73. The fourth-order valence-electron chi connectivity index (χ4n) is 2.09. The fraction of sp³-hybridized carbons (Fsp3) is 1.00. The Morgan fingerprint density at radius 3 is 2.45 bits per heavy atom. The highest BCUT2D eigenvalue weighted by molar-refractivity contribution is 9.09. The number of rotatable bonds is 3. The molecule has 0 saturated heterocycles. The van der Waals surface area contributed by atoms with E-state index in [0.29, 0.717) is 16.7 Å². The number of alkyl halides is 2. The molecule has 1 aliphatic rings. The minimum absolute atomic E-state index is 0.497. The minimum atomic E-state index is -0.629. The molecule has 0 aliphatic heterocycles. The van der Waals surface area contributed by atoms with Gasteiger partial charge in [-0.2, -0.15) is 0 Å². The Morgan fingerprint density at radius 2 is 2.09 bits per heavy atom. The van der Waals surface area contributed by atoms with Crippen molar-refractivity contribution < 1.29 is 4.39 Å². The molecular weight excluding hydrogens is 207 g/mol. The first-order valence-corrected chi connectivity index (χ1v) is 5.36. The van der Waals surface area contributed by atoms with Crippen molar-refractivity contribution in [3.05, 3.63) is 0 Å². The third-order valence-electron chi connectivity index (χ3n) is 2.44. The first-order valence-electron chi connectivity index (χ1n) is 4.23. The molecule has 66 valence electrons. The van der Waals surface area contributed by atoms with Crippen LogP contribution in [0.25, 0.3) is 0 Å². The van der Waals surface area contributed by atoms with Gasteiger partial charge in [0.2, 0.25) is 0 Å². The maximum absolute atomic E-state index is 12.8. The van der Waals surface area contributed by atoms with Gasteiger partial charge in [-0.05, 0) is 30.6 Å². The molecule has 0 nitrogen and oxygen atoms in total. The smallest absolute Gasteiger partial charge is 0.110 e. The van der Waals surface area contributed by atoms with E-state index in [1.54, 1.807) is 0 Å². The van der Waals surface area contributed by atoms with Crippen molar-refractivity contribution in [2.45, 2.75) is 39.3 Å². The maximum atomic E-state index is 12.8. The molecule has 1 rings (SSSR count). The van der Waals surface area contributed by atoms with E-state index in [9.17, 15) is 4.39 Å². The molecule has 0 spiro atoms. The summed E-state index contributed by atoms with van der Waals surface area (Å²) in [6.45, 7) is 4.51. The zero-order chi connectivity index (χ0) is 8.48. The minimum Gasteiger partial charge on any atom is -0.247 e. The van der Waals surface area contributed by atoms with E-state index in [0.717, 1.165) is 6.42 Å². The SMILES string of the molecule is CC1(C)CC(CC(F)CBr)C1. The lowest BCUT2D eigenvalue weighted by atomic mass is 9.63. The highest BCUT2D eigenvalue weighted by Gasteiger charge is 2.36. The van der Waals surface area contributed by atoms with Crippen molar-refractivity contribution in [2.24, 2.45) is 11.3 Å². The van der Waals surface area contributed by atoms with Gasteiger partial charge in [0, 0.05) is 5.33 Å². The van der Waals surface area contributed by atoms with Crippen molar-refractivity contribution in [3.63, 3.8) is 0 Å². The van der Waals surface area contributed by atoms with Crippen LogP contribution in [0.3, 0.4) is 0 Å². The molecule has 0 bridgehead atoms. The molecule has 0 N–H and O–H groups in total. The Morgan fingerprint density at radius 1 is 1.55 bits per heavy atom. The molecule has 0 aromatic carbocycles. The fourth-order valence-corrected chi connectivity index (χ4v) is 2.36. The summed E-state index contributed by atoms with van der Waals surface area (Å²) in [5.74, 6) is 0.651. The van der Waals surface area contributed by atoms with Crippen LogP contribution in [0.2, 0.25) is 0 Å². The number of halogens is 2. The molecule has 11 heavy (non-hydrogen) atoms. The van der Waals surface area contributed by atoms with Crippen molar-refractivity contribution >= 4 is 15.9 Å². The Balaban J connectivity index is 2.13. The molecule has 0 radical (unpaired) electrons. The normalized spacial score (nSPS) is 26.2. The predicted molar refractivity (Wildman–Crippen MR) is 49.8 cm³/mol. The highest BCUT2D eigenvalue weighted by atomic mass is 79.9. The molecule has 0 amide bonds. The zero-order valence-electron chi connectivity index (χ0n) is 7.24. The number of hydrogen-bond acceptors (Lipinski definition) is 0. The second kappa shape index (κ2) is 3.42. The van der Waals surface area contributed by atoms with Gasteiger partial charge in [0.1, 0.15) is 6.17 Å². The van der Waals surface area contributed by atoms with Crippen molar-refractivity contribution in [2.75, 3.05) is 5.33 Å². The van der Waals surface area contributed by atoms with Gasteiger partial charge >= 0.3 is 0 Å². The van der Waals surface area contributed by atoms with Crippen LogP contribution < -0.4 is 0 Å². The van der Waals surface area contributed by atoms with Gasteiger partial charge in [-0.3, -0.25) is 0 Å². The molecule has 1 saturated carbocycles. The summed E-state index contributed by atoms with van der Waals surface area (Å²) >= 11 is 3.15. The van der Waals surface area contributed by atoms with Gasteiger partial charge in [0.25, 0.3) is 0 Å². The van der Waals surface area contributed by atoms with E-state index in [-0.39, 0.29) is 0 Å². The largest absolute Gasteiger partial charge is 0.247 e. The number of hydrogen-bond donors (Lipinski definition) is 0. The van der Waals surface area contributed by atoms with Gasteiger partial charge < -0.3 is 0 Å². The van der Waals surface area contributed by atoms with Crippen LogP contribution >= 0.6 is 15.9 Å². The first kappa shape index (κ1) is 9.50. The molecule has 1 unspecified atom stereocenters. The van der Waals surface area contributed by atoms with Gasteiger partial charge in [-0.25, -0.2) is 4.39 Å². The van der Waals surface area contributed by atoms with Crippen LogP contribution in [0.1, 0.15) is 33.1 Å². The summed E-state index contributed by atoms with van der Waals surface area (Å²) in [5.41, 5.74) is 0.497. The molecule has 2 heteroatoms. The monoisotopic (exact) mass is 222 g/mol. The van der Waals surface area contributed by atoms with Crippen LogP contribution in [0.4, 0.5) is 4.39 Å². The van der Waals surface area contributed by atoms with E-state index in [1.165, 1.54) is 12.8 Å². The van der Waals surface area contributed by atoms with Crippen LogP contribution in [0.5, 0.6) is 0 Å².